The van der Waals surface area contributed by atoms with Gasteiger partial charge in [-0.25, -0.2) is 0 Å². The standard InChI is InChI=1S/C22H36O3/c1-15-8-11-19-21(2,3)12-7-13-22(19,4)17(15)10-9-16-18(23-5)14-25-20(16)24-6/h9,17-20H,1,7-8,10-14H2,2-6H3/b16-9+/t17-,18?,19-,20?,22+/m0/s1. The molecule has 2 unspecified atom stereocenters. The minimum atomic E-state index is -0.256. The molecule has 1 heterocycles. The second-order valence-electron chi connectivity index (χ2n) is 9.22. The summed E-state index contributed by atoms with van der Waals surface area (Å²) in [7, 11) is 3.46. The van der Waals surface area contributed by atoms with Crippen LogP contribution < -0.4 is 0 Å². The summed E-state index contributed by atoms with van der Waals surface area (Å²) in [5, 5.41) is 0. The van der Waals surface area contributed by atoms with Crippen LogP contribution in [0.1, 0.15) is 59.3 Å². The van der Waals surface area contributed by atoms with Crippen LogP contribution in [0.3, 0.4) is 0 Å². The van der Waals surface area contributed by atoms with Gasteiger partial charge in [0.25, 0.3) is 0 Å². The minimum Gasteiger partial charge on any atom is -0.374 e. The molecule has 25 heavy (non-hydrogen) atoms. The number of hydrogen-bond acceptors (Lipinski definition) is 3. The van der Waals surface area contributed by atoms with Crippen LogP contribution in [0.4, 0.5) is 0 Å². The van der Waals surface area contributed by atoms with Crippen LogP contribution in [0.25, 0.3) is 0 Å². The lowest BCUT2D eigenvalue weighted by Crippen LogP contribution is -2.49. The molecule has 1 saturated heterocycles. The maximum Gasteiger partial charge on any atom is 0.182 e. The van der Waals surface area contributed by atoms with Crippen molar-refractivity contribution in [2.24, 2.45) is 22.7 Å². The summed E-state index contributed by atoms with van der Waals surface area (Å²) in [6.07, 6.45) is 9.63. The largest absolute Gasteiger partial charge is 0.374 e. The number of fused-ring (bicyclic) bond motifs is 1. The fraction of sp³-hybridized carbons (Fsp3) is 0.818. The Bertz CT molecular complexity index is 521. The molecular weight excluding hydrogens is 312 g/mol. The van der Waals surface area contributed by atoms with Gasteiger partial charge in [0.15, 0.2) is 6.29 Å². The van der Waals surface area contributed by atoms with E-state index in [9.17, 15) is 0 Å². The molecule has 0 aromatic rings. The lowest BCUT2D eigenvalue weighted by Gasteiger charge is -2.58. The Morgan fingerprint density at radius 3 is 2.64 bits per heavy atom. The van der Waals surface area contributed by atoms with Crippen molar-refractivity contribution in [3.8, 4) is 0 Å². The third kappa shape index (κ3) is 3.36. The highest BCUT2D eigenvalue weighted by molar-refractivity contribution is 5.21. The molecule has 0 radical (unpaired) electrons. The van der Waals surface area contributed by atoms with Crippen molar-refractivity contribution in [3.05, 3.63) is 23.8 Å². The van der Waals surface area contributed by atoms with Crippen LogP contribution in [0.5, 0.6) is 0 Å². The van der Waals surface area contributed by atoms with E-state index in [-0.39, 0.29) is 12.4 Å². The molecule has 3 fully saturated rings. The third-order valence-electron chi connectivity index (χ3n) is 7.45. The zero-order valence-electron chi connectivity index (χ0n) is 16.8. The van der Waals surface area contributed by atoms with E-state index in [4.69, 9.17) is 14.2 Å². The number of allylic oxidation sites excluding steroid dienone is 2. The van der Waals surface area contributed by atoms with Gasteiger partial charge >= 0.3 is 0 Å². The van der Waals surface area contributed by atoms with E-state index in [1.165, 1.54) is 37.7 Å². The SMILES string of the molecule is C=C1CC[C@H]2C(C)(C)CCC[C@]2(C)[C@H]1C/C=C1\C(OC)COC1OC. The Kier molecular flexibility index (Phi) is 5.49. The second-order valence-corrected chi connectivity index (χ2v) is 9.22. The molecule has 2 aliphatic carbocycles. The van der Waals surface area contributed by atoms with Gasteiger partial charge < -0.3 is 14.2 Å². The Labute approximate surface area is 153 Å². The van der Waals surface area contributed by atoms with Crippen LogP contribution in [-0.4, -0.2) is 33.2 Å². The lowest BCUT2D eigenvalue weighted by atomic mass is 9.47. The molecule has 3 nitrogen and oxygen atoms in total. The summed E-state index contributed by atoms with van der Waals surface area (Å²) < 4.78 is 16.8. The number of hydrogen-bond donors (Lipinski definition) is 0. The molecule has 0 bridgehead atoms. The average Bonchev–Trinajstić information content (AvgIpc) is 2.95. The first-order valence-corrected chi connectivity index (χ1v) is 9.88. The molecule has 142 valence electrons. The van der Waals surface area contributed by atoms with Crippen molar-refractivity contribution in [1.82, 2.24) is 0 Å². The molecule has 3 heteroatoms. The maximum atomic E-state index is 5.71. The van der Waals surface area contributed by atoms with Crippen molar-refractivity contribution in [1.29, 1.82) is 0 Å². The fourth-order valence-corrected chi connectivity index (χ4v) is 6.12. The molecular formula is C22H36O3. The molecule has 0 aromatic carbocycles. The molecule has 5 atom stereocenters. The quantitative estimate of drug-likeness (QED) is 0.660. The molecule has 0 N–H and O–H groups in total. The summed E-state index contributed by atoms with van der Waals surface area (Å²) in [6, 6.07) is 0. The highest BCUT2D eigenvalue weighted by atomic mass is 16.7. The number of rotatable bonds is 4. The molecule has 0 spiro atoms. The van der Waals surface area contributed by atoms with Crippen LogP contribution >= 0.6 is 0 Å². The number of ether oxygens (including phenoxy) is 3. The zero-order chi connectivity index (χ0) is 18.2. The Morgan fingerprint density at radius 1 is 1.20 bits per heavy atom. The fourth-order valence-electron chi connectivity index (χ4n) is 6.12. The highest BCUT2D eigenvalue weighted by Crippen LogP contribution is 2.61. The van der Waals surface area contributed by atoms with E-state index in [0.29, 0.717) is 23.4 Å². The van der Waals surface area contributed by atoms with Gasteiger partial charge in [0, 0.05) is 19.8 Å². The molecule has 1 aliphatic heterocycles. The van der Waals surface area contributed by atoms with Crippen LogP contribution in [-0.2, 0) is 14.2 Å². The van der Waals surface area contributed by atoms with E-state index in [1.54, 1.807) is 14.2 Å². The second kappa shape index (κ2) is 7.17. The summed E-state index contributed by atoms with van der Waals surface area (Å²) in [5.74, 6) is 1.34. The van der Waals surface area contributed by atoms with Gasteiger partial charge in [0.05, 0.1) is 6.61 Å². The van der Waals surface area contributed by atoms with Gasteiger partial charge in [0.1, 0.15) is 6.10 Å². The van der Waals surface area contributed by atoms with Crippen molar-refractivity contribution in [2.45, 2.75) is 71.7 Å². The van der Waals surface area contributed by atoms with Crippen molar-refractivity contribution in [3.63, 3.8) is 0 Å². The zero-order valence-corrected chi connectivity index (χ0v) is 16.8. The molecule has 3 aliphatic rings. The van der Waals surface area contributed by atoms with Gasteiger partial charge in [-0.3, -0.25) is 0 Å². The van der Waals surface area contributed by atoms with Gasteiger partial charge in [-0.2, -0.15) is 0 Å². The molecule has 0 amide bonds. The van der Waals surface area contributed by atoms with Crippen LogP contribution in [0.15, 0.2) is 23.8 Å². The first kappa shape index (κ1) is 19.1. The maximum absolute atomic E-state index is 5.71. The Morgan fingerprint density at radius 2 is 1.96 bits per heavy atom. The van der Waals surface area contributed by atoms with Crippen LogP contribution in [0.2, 0.25) is 0 Å². The Balaban J connectivity index is 1.84. The van der Waals surface area contributed by atoms with E-state index >= 15 is 0 Å². The first-order chi connectivity index (χ1) is 11.8. The van der Waals surface area contributed by atoms with Gasteiger partial charge in [0.2, 0.25) is 0 Å². The van der Waals surface area contributed by atoms with Crippen LogP contribution in [0, 0.1) is 22.7 Å². The van der Waals surface area contributed by atoms with E-state index in [2.05, 4.69) is 33.4 Å². The van der Waals surface area contributed by atoms with E-state index in [0.717, 1.165) is 17.9 Å². The summed E-state index contributed by atoms with van der Waals surface area (Å²) >= 11 is 0. The minimum absolute atomic E-state index is 0.0215. The van der Waals surface area contributed by atoms with Gasteiger partial charge in [-0.1, -0.05) is 45.4 Å². The predicted octanol–water partition coefficient (Wildman–Crippen LogP) is 5.12. The van der Waals surface area contributed by atoms with Crippen molar-refractivity contribution in [2.75, 3.05) is 20.8 Å². The Hall–Kier alpha value is -0.640. The van der Waals surface area contributed by atoms with Crippen molar-refractivity contribution >= 4 is 0 Å². The first-order valence-electron chi connectivity index (χ1n) is 9.88. The number of methoxy groups -OCH3 is 2. The topological polar surface area (TPSA) is 27.7 Å². The lowest BCUT2D eigenvalue weighted by molar-refractivity contribution is -0.0733. The normalized spacial score (nSPS) is 42.6. The highest BCUT2D eigenvalue weighted by Gasteiger charge is 2.52. The van der Waals surface area contributed by atoms with E-state index in [1.807, 2.05) is 0 Å². The van der Waals surface area contributed by atoms with Crippen molar-refractivity contribution < 1.29 is 14.2 Å². The monoisotopic (exact) mass is 348 g/mol. The van der Waals surface area contributed by atoms with Gasteiger partial charge in [-0.15, -0.1) is 0 Å². The third-order valence-corrected chi connectivity index (χ3v) is 7.45. The average molecular weight is 349 g/mol. The molecule has 3 rings (SSSR count). The smallest absolute Gasteiger partial charge is 0.182 e. The molecule has 0 aromatic heterocycles. The summed E-state index contributed by atoms with van der Waals surface area (Å²) in [4.78, 5) is 0. The summed E-state index contributed by atoms with van der Waals surface area (Å²) in [6.45, 7) is 12.5. The molecule has 2 saturated carbocycles. The van der Waals surface area contributed by atoms with Gasteiger partial charge in [-0.05, 0) is 54.8 Å². The van der Waals surface area contributed by atoms with E-state index < -0.39 is 0 Å². The predicted molar refractivity (Wildman–Crippen MR) is 101 cm³/mol. The summed E-state index contributed by atoms with van der Waals surface area (Å²) in [5.41, 5.74) is 3.40.